The topological polar surface area (TPSA) is 207 Å². The van der Waals surface area contributed by atoms with Gasteiger partial charge in [0, 0.05) is 12.6 Å². The summed E-state index contributed by atoms with van der Waals surface area (Å²) in [6, 6.07) is 6.34. The number of aliphatic hydroxyl groups is 1. The highest BCUT2D eigenvalue weighted by Crippen LogP contribution is 2.36. The Balaban J connectivity index is 1.56. The lowest BCUT2D eigenvalue weighted by molar-refractivity contribution is -0.190. The molecule has 0 saturated carbocycles. The summed E-state index contributed by atoms with van der Waals surface area (Å²) in [5.41, 5.74) is 3.14. The zero-order valence-electron chi connectivity index (χ0n) is 18.7. The lowest BCUT2D eigenvalue weighted by Crippen LogP contribution is -2.52. The number of fused-ring (bicyclic) bond motifs is 1. The number of benzene rings is 1. The van der Waals surface area contributed by atoms with Crippen molar-refractivity contribution in [2.24, 2.45) is 0 Å². The summed E-state index contributed by atoms with van der Waals surface area (Å²) in [5.74, 6) is -4.91. The molecule has 37 heavy (non-hydrogen) atoms. The predicted molar refractivity (Wildman–Crippen MR) is 123 cm³/mol. The Labute approximate surface area is 211 Å². The van der Waals surface area contributed by atoms with Gasteiger partial charge in [-0.15, -0.1) is 0 Å². The fourth-order valence-corrected chi connectivity index (χ4v) is 4.16. The molecule has 4 rings (SSSR count). The fourth-order valence-electron chi connectivity index (χ4n) is 3.99. The van der Waals surface area contributed by atoms with E-state index in [-0.39, 0.29) is 27.9 Å². The van der Waals surface area contributed by atoms with Crippen LogP contribution in [0.3, 0.4) is 0 Å². The minimum absolute atomic E-state index is 0.0340. The lowest BCUT2D eigenvalue weighted by Gasteiger charge is -2.27. The van der Waals surface area contributed by atoms with Crippen LogP contribution in [0.2, 0.25) is 5.28 Å². The van der Waals surface area contributed by atoms with Crippen LogP contribution in [0.5, 0.6) is 0 Å². The van der Waals surface area contributed by atoms with Crippen LogP contribution in [-0.2, 0) is 25.5 Å². The van der Waals surface area contributed by atoms with Gasteiger partial charge in [0.25, 0.3) is 5.60 Å². The Kier molecular flexibility index (Phi) is 7.01. The highest BCUT2D eigenvalue weighted by atomic mass is 35.5. The van der Waals surface area contributed by atoms with Crippen LogP contribution >= 0.6 is 11.6 Å². The Morgan fingerprint density at radius 2 is 1.78 bits per heavy atom. The molecular formula is C22H20ClFN4O9. The monoisotopic (exact) mass is 538 g/mol. The van der Waals surface area contributed by atoms with Crippen molar-refractivity contribution in [1.29, 1.82) is 0 Å². The SMILES string of the molecule is Nc1nc(Cl)nc2c1ccn2[C@@H]1O[C@H](COC(Cc2ccc(C(=O)O)cc2)(C(=O)O)C(=O)O)[C@@H](O)[C@@H]1F. The van der Waals surface area contributed by atoms with E-state index in [0.717, 1.165) is 0 Å². The molecule has 15 heteroatoms. The van der Waals surface area contributed by atoms with E-state index in [1.807, 2.05) is 0 Å². The first-order chi connectivity index (χ1) is 17.4. The van der Waals surface area contributed by atoms with Crippen LogP contribution in [0.25, 0.3) is 11.0 Å². The highest BCUT2D eigenvalue weighted by molar-refractivity contribution is 6.28. The van der Waals surface area contributed by atoms with E-state index in [1.165, 1.54) is 41.1 Å². The second-order valence-electron chi connectivity index (χ2n) is 8.27. The van der Waals surface area contributed by atoms with Gasteiger partial charge in [-0.1, -0.05) is 12.1 Å². The van der Waals surface area contributed by atoms with Crippen molar-refractivity contribution in [1.82, 2.24) is 14.5 Å². The first kappa shape index (κ1) is 26.2. The maximum atomic E-state index is 15.1. The molecule has 1 fully saturated rings. The number of aromatic carboxylic acids is 1. The van der Waals surface area contributed by atoms with E-state index in [4.69, 9.17) is 31.9 Å². The molecule has 6 N–H and O–H groups in total. The number of rotatable bonds is 9. The molecule has 3 heterocycles. The summed E-state index contributed by atoms with van der Waals surface area (Å²) in [6.45, 7) is -0.805. The zero-order valence-corrected chi connectivity index (χ0v) is 19.4. The van der Waals surface area contributed by atoms with Crippen molar-refractivity contribution in [3.05, 3.63) is 52.9 Å². The summed E-state index contributed by atoms with van der Waals surface area (Å²) in [6.07, 6.45) is -6.06. The van der Waals surface area contributed by atoms with Crippen molar-refractivity contribution in [3.8, 4) is 0 Å². The summed E-state index contributed by atoms with van der Waals surface area (Å²) in [5, 5.41) is 39.1. The number of nitrogens with zero attached hydrogens (tertiary/aromatic N) is 3. The quantitative estimate of drug-likeness (QED) is 0.192. The molecule has 1 aromatic carbocycles. The largest absolute Gasteiger partial charge is 0.479 e. The minimum Gasteiger partial charge on any atom is -0.479 e. The number of anilines is 1. The molecule has 0 bridgehead atoms. The van der Waals surface area contributed by atoms with Crippen LogP contribution < -0.4 is 5.73 Å². The van der Waals surface area contributed by atoms with E-state index in [0.29, 0.717) is 5.39 Å². The molecule has 1 aliphatic heterocycles. The molecule has 13 nitrogen and oxygen atoms in total. The number of alkyl halides is 1. The molecule has 196 valence electrons. The van der Waals surface area contributed by atoms with Crippen LogP contribution in [0.15, 0.2) is 36.5 Å². The third-order valence-corrected chi connectivity index (χ3v) is 6.15. The van der Waals surface area contributed by atoms with Gasteiger partial charge in [0.2, 0.25) is 5.28 Å². The number of ether oxygens (including phenoxy) is 2. The number of carboxylic acid groups (broad SMARTS) is 3. The molecule has 0 aliphatic carbocycles. The Morgan fingerprint density at radius 1 is 1.14 bits per heavy atom. The fraction of sp³-hybridized carbons (Fsp3) is 0.318. The van der Waals surface area contributed by atoms with Gasteiger partial charge in [-0.05, 0) is 35.4 Å². The van der Waals surface area contributed by atoms with E-state index < -0.39 is 61.1 Å². The molecule has 3 aromatic rings. The standard InChI is InChI=1S/C22H20ClFN4O9/c23-21-26-15(25)11-5-6-28(16(11)27-21)17-13(24)14(29)12(37-17)8-36-22(19(32)33,20(34)35)7-9-1-3-10(4-2-9)18(30)31/h1-6,12-14,17,29H,7-8H2,(H,30,31)(H,32,33)(H,34,35)(H2,25,26,27)/t12-,13+,14-,17-/m1/s1. The van der Waals surface area contributed by atoms with Crippen molar-refractivity contribution >= 4 is 46.4 Å². The average molecular weight is 539 g/mol. The molecular weight excluding hydrogens is 519 g/mol. The summed E-state index contributed by atoms with van der Waals surface area (Å²) in [7, 11) is 0. The van der Waals surface area contributed by atoms with Crippen LogP contribution in [0.4, 0.5) is 10.2 Å². The summed E-state index contributed by atoms with van der Waals surface area (Å²) < 4.78 is 27.2. The van der Waals surface area contributed by atoms with Crippen molar-refractivity contribution in [2.75, 3.05) is 12.3 Å². The molecule has 0 radical (unpaired) electrons. The smallest absolute Gasteiger partial charge is 0.348 e. The number of carbonyl (C=O) groups is 3. The van der Waals surface area contributed by atoms with Gasteiger partial charge < -0.3 is 40.2 Å². The molecule has 0 spiro atoms. The van der Waals surface area contributed by atoms with E-state index >= 15 is 4.39 Å². The Bertz CT molecular complexity index is 1350. The minimum atomic E-state index is -2.84. The second-order valence-corrected chi connectivity index (χ2v) is 8.60. The van der Waals surface area contributed by atoms with Gasteiger partial charge in [0.1, 0.15) is 23.7 Å². The van der Waals surface area contributed by atoms with E-state index in [2.05, 4.69) is 9.97 Å². The second kappa shape index (κ2) is 9.89. The van der Waals surface area contributed by atoms with Gasteiger partial charge in [-0.3, -0.25) is 0 Å². The Morgan fingerprint density at radius 3 is 2.38 bits per heavy atom. The third kappa shape index (κ3) is 4.79. The maximum Gasteiger partial charge on any atom is 0.348 e. The zero-order chi connectivity index (χ0) is 27.1. The molecule has 0 amide bonds. The molecule has 0 unspecified atom stereocenters. The van der Waals surface area contributed by atoms with Crippen molar-refractivity contribution in [3.63, 3.8) is 0 Å². The lowest BCUT2D eigenvalue weighted by atomic mass is 9.93. The van der Waals surface area contributed by atoms with Crippen molar-refractivity contribution < 1.29 is 48.7 Å². The van der Waals surface area contributed by atoms with Crippen LogP contribution in [-0.4, -0.2) is 83.5 Å². The first-order valence-electron chi connectivity index (χ1n) is 10.6. The number of aromatic nitrogens is 3. The highest BCUT2D eigenvalue weighted by Gasteiger charge is 2.52. The van der Waals surface area contributed by atoms with Crippen LogP contribution in [0, 0.1) is 0 Å². The first-order valence-corrected chi connectivity index (χ1v) is 11.0. The number of halogens is 2. The van der Waals surface area contributed by atoms with Crippen LogP contribution in [0.1, 0.15) is 22.1 Å². The van der Waals surface area contributed by atoms with Gasteiger partial charge in [0.05, 0.1) is 17.6 Å². The number of aliphatic carboxylic acids is 2. The molecule has 4 atom stereocenters. The van der Waals surface area contributed by atoms with Gasteiger partial charge in [-0.25, -0.2) is 23.8 Å². The average Bonchev–Trinajstić information content (AvgIpc) is 3.37. The van der Waals surface area contributed by atoms with Gasteiger partial charge in [0.15, 0.2) is 12.4 Å². The predicted octanol–water partition coefficient (Wildman–Crippen LogP) is 1.13. The van der Waals surface area contributed by atoms with E-state index in [1.54, 1.807) is 0 Å². The number of hydrogen-bond acceptors (Lipinski definition) is 9. The number of hydrogen-bond donors (Lipinski definition) is 5. The molecule has 2 aromatic heterocycles. The third-order valence-electron chi connectivity index (χ3n) is 5.98. The molecule has 1 aliphatic rings. The number of nitrogens with two attached hydrogens (primary N) is 1. The molecule has 1 saturated heterocycles. The van der Waals surface area contributed by atoms with Gasteiger partial charge in [-0.2, -0.15) is 4.98 Å². The summed E-state index contributed by atoms with van der Waals surface area (Å²) in [4.78, 5) is 42.9. The van der Waals surface area contributed by atoms with Gasteiger partial charge >= 0.3 is 17.9 Å². The summed E-state index contributed by atoms with van der Waals surface area (Å²) >= 11 is 5.84. The number of nitrogen functional groups attached to an aromatic ring is 1. The maximum absolute atomic E-state index is 15.1. The normalized spacial score (nSPS) is 21.8. The van der Waals surface area contributed by atoms with Crippen molar-refractivity contribution in [2.45, 2.75) is 36.6 Å². The number of carboxylic acids is 3. The number of aliphatic hydroxyl groups excluding tert-OH is 1. The van der Waals surface area contributed by atoms with E-state index in [9.17, 15) is 29.7 Å². The Hall–Kier alpha value is -3.85.